The van der Waals surface area contributed by atoms with Crippen LogP contribution in [0.4, 0.5) is 0 Å². The Balaban J connectivity index is 1.44. The number of fused-ring (bicyclic) bond motifs is 1. The number of aromatic nitrogens is 5. The zero-order valence-electron chi connectivity index (χ0n) is 14.0. The zero-order chi connectivity index (χ0) is 17.9. The van der Waals surface area contributed by atoms with Crippen molar-refractivity contribution in [2.75, 3.05) is 6.54 Å². The van der Waals surface area contributed by atoms with Gasteiger partial charge in [0.15, 0.2) is 0 Å². The number of hydrogen-bond donors (Lipinski definition) is 1. The topological polar surface area (TPSA) is 85.6 Å². The van der Waals surface area contributed by atoms with E-state index in [1.165, 1.54) is 11.0 Å². The molecular formula is C18H16N6OS. The smallest absolute Gasteiger partial charge is 0.251 e. The van der Waals surface area contributed by atoms with E-state index in [-0.39, 0.29) is 11.8 Å². The van der Waals surface area contributed by atoms with Gasteiger partial charge in [-0.15, -0.1) is 16.4 Å². The monoisotopic (exact) mass is 364 g/mol. The van der Waals surface area contributed by atoms with E-state index in [4.69, 9.17) is 0 Å². The molecular weight excluding hydrogens is 348 g/mol. The fraction of sp³-hybridized carbons (Fsp3) is 0.167. The van der Waals surface area contributed by atoms with E-state index >= 15 is 0 Å². The number of para-hydroxylation sites is 1. The number of amides is 1. The molecule has 1 N–H and O–H groups in total. The molecule has 0 aliphatic rings. The van der Waals surface area contributed by atoms with Gasteiger partial charge in [-0.05, 0) is 40.8 Å². The van der Waals surface area contributed by atoms with Gasteiger partial charge in [0.1, 0.15) is 6.33 Å². The highest BCUT2D eigenvalue weighted by Crippen LogP contribution is 2.26. The fourth-order valence-electron chi connectivity index (χ4n) is 2.61. The van der Waals surface area contributed by atoms with E-state index < -0.39 is 0 Å². The number of rotatable bonds is 5. The molecule has 0 aliphatic carbocycles. The van der Waals surface area contributed by atoms with Crippen molar-refractivity contribution in [1.29, 1.82) is 0 Å². The van der Waals surface area contributed by atoms with Gasteiger partial charge < -0.3 is 5.32 Å². The van der Waals surface area contributed by atoms with Crippen LogP contribution in [0.1, 0.15) is 28.2 Å². The summed E-state index contributed by atoms with van der Waals surface area (Å²) in [7, 11) is 0. The van der Waals surface area contributed by atoms with E-state index in [0.717, 1.165) is 20.9 Å². The van der Waals surface area contributed by atoms with Crippen LogP contribution in [0.15, 0.2) is 54.9 Å². The van der Waals surface area contributed by atoms with E-state index in [1.54, 1.807) is 23.5 Å². The van der Waals surface area contributed by atoms with Crippen LogP contribution >= 0.6 is 11.3 Å². The molecule has 0 radical (unpaired) electrons. The van der Waals surface area contributed by atoms with Crippen LogP contribution in [0.3, 0.4) is 0 Å². The van der Waals surface area contributed by atoms with Crippen LogP contribution in [0.25, 0.3) is 15.9 Å². The molecule has 7 nitrogen and oxygen atoms in total. The first kappa shape index (κ1) is 16.3. The largest absolute Gasteiger partial charge is 0.351 e. The Morgan fingerprint density at radius 3 is 2.92 bits per heavy atom. The van der Waals surface area contributed by atoms with Gasteiger partial charge in [0.05, 0.1) is 20.9 Å². The molecule has 8 heteroatoms. The first-order chi connectivity index (χ1) is 12.7. The summed E-state index contributed by atoms with van der Waals surface area (Å²) in [6.07, 6.45) is 1.49. The molecule has 0 aliphatic heterocycles. The highest BCUT2D eigenvalue weighted by molar-refractivity contribution is 7.18. The lowest BCUT2D eigenvalue weighted by molar-refractivity contribution is 0.0951. The molecule has 1 atom stereocenters. The van der Waals surface area contributed by atoms with Gasteiger partial charge in [-0.2, -0.15) is 0 Å². The van der Waals surface area contributed by atoms with Gasteiger partial charge in [0.25, 0.3) is 5.91 Å². The predicted octanol–water partition coefficient (Wildman–Crippen LogP) is 2.81. The second-order valence-corrected chi connectivity index (χ2v) is 7.00. The molecule has 0 saturated heterocycles. The van der Waals surface area contributed by atoms with Crippen LogP contribution in [0, 0.1) is 0 Å². The number of tetrazole rings is 1. The Labute approximate surface area is 153 Å². The summed E-state index contributed by atoms with van der Waals surface area (Å²) in [4.78, 5) is 17.1. The van der Waals surface area contributed by atoms with Crippen molar-refractivity contribution in [2.24, 2.45) is 0 Å². The Kier molecular flexibility index (Phi) is 4.40. The standard InChI is InChI=1S/C18H16N6OS/c1-12(18-21-15-7-2-3-8-16(15)26-18)10-19-17(25)13-5-4-6-14(9-13)24-11-20-22-23-24/h2-9,11-12H,10H2,1H3,(H,19,25). The Hall–Kier alpha value is -3.13. The van der Waals surface area contributed by atoms with Gasteiger partial charge in [-0.1, -0.05) is 25.1 Å². The number of benzene rings is 2. The third kappa shape index (κ3) is 3.31. The molecule has 2 heterocycles. The van der Waals surface area contributed by atoms with Gasteiger partial charge in [0, 0.05) is 18.0 Å². The average Bonchev–Trinajstić information content (AvgIpc) is 3.35. The second-order valence-electron chi connectivity index (χ2n) is 5.94. The minimum atomic E-state index is -0.132. The number of nitrogens with one attached hydrogen (secondary N) is 1. The maximum Gasteiger partial charge on any atom is 0.251 e. The minimum absolute atomic E-state index is 0.132. The molecule has 26 heavy (non-hydrogen) atoms. The molecule has 4 aromatic rings. The fourth-order valence-corrected chi connectivity index (χ4v) is 3.62. The molecule has 0 saturated carbocycles. The molecule has 4 rings (SSSR count). The van der Waals surface area contributed by atoms with Crippen LogP contribution in [0.5, 0.6) is 0 Å². The average molecular weight is 364 g/mol. The maximum atomic E-state index is 12.5. The Morgan fingerprint density at radius 2 is 2.12 bits per heavy atom. The third-order valence-electron chi connectivity index (χ3n) is 4.02. The maximum absolute atomic E-state index is 12.5. The molecule has 0 spiro atoms. The number of thiazole rings is 1. The summed E-state index contributed by atoms with van der Waals surface area (Å²) in [5.74, 6) is 0.00642. The molecule has 1 amide bonds. The number of carbonyl (C=O) groups is 1. The SMILES string of the molecule is CC(CNC(=O)c1cccc(-n2cnnn2)c1)c1nc2ccccc2s1. The van der Waals surface area contributed by atoms with Crippen molar-refractivity contribution in [2.45, 2.75) is 12.8 Å². The first-order valence-electron chi connectivity index (χ1n) is 8.18. The summed E-state index contributed by atoms with van der Waals surface area (Å²) in [6, 6.07) is 15.2. The molecule has 0 fully saturated rings. The number of nitrogens with zero attached hydrogens (tertiary/aromatic N) is 5. The minimum Gasteiger partial charge on any atom is -0.351 e. The molecule has 2 aromatic carbocycles. The molecule has 0 bridgehead atoms. The van der Waals surface area contributed by atoms with Crippen molar-refractivity contribution in [3.05, 3.63) is 65.4 Å². The predicted molar refractivity (Wildman–Crippen MR) is 99.5 cm³/mol. The summed E-state index contributed by atoms with van der Waals surface area (Å²) >= 11 is 1.67. The van der Waals surface area contributed by atoms with E-state index in [2.05, 4.69) is 38.8 Å². The lowest BCUT2D eigenvalue weighted by Gasteiger charge is -2.10. The quantitative estimate of drug-likeness (QED) is 0.588. The van der Waals surface area contributed by atoms with E-state index in [1.807, 2.05) is 30.3 Å². The van der Waals surface area contributed by atoms with Gasteiger partial charge in [-0.3, -0.25) is 4.79 Å². The summed E-state index contributed by atoms with van der Waals surface area (Å²) < 4.78 is 2.68. The zero-order valence-corrected chi connectivity index (χ0v) is 14.8. The Bertz CT molecular complexity index is 1010. The van der Waals surface area contributed by atoms with Crippen LogP contribution in [-0.2, 0) is 0 Å². The lowest BCUT2D eigenvalue weighted by atomic mass is 10.1. The summed E-state index contributed by atoms with van der Waals surface area (Å²) in [6.45, 7) is 2.59. The number of hydrogen-bond acceptors (Lipinski definition) is 6. The van der Waals surface area contributed by atoms with Crippen LogP contribution in [-0.4, -0.2) is 37.6 Å². The van der Waals surface area contributed by atoms with E-state index in [9.17, 15) is 4.79 Å². The third-order valence-corrected chi connectivity index (χ3v) is 5.29. The summed E-state index contributed by atoms with van der Waals surface area (Å²) in [5.41, 5.74) is 2.30. The van der Waals surface area contributed by atoms with Crippen LogP contribution < -0.4 is 5.32 Å². The van der Waals surface area contributed by atoms with E-state index in [0.29, 0.717) is 12.1 Å². The van der Waals surface area contributed by atoms with Crippen LogP contribution in [0.2, 0.25) is 0 Å². The lowest BCUT2D eigenvalue weighted by Crippen LogP contribution is -2.27. The van der Waals surface area contributed by atoms with Crippen molar-refractivity contribution < 1.29 is 4.79 Å². The molecule has 130 valence electrons. The molecule has 1 unspecified atom stereocenters. The van der Waals surface area contributed by atoms with Crippen molar-refractivity contribution in [3.8, 4) is 5.69 Å². The molecule has 2 aromatic heterocycles. The summed E-state index contributed by atoms with van der Waals surface area (Å²) in [5, 5.41) is 15.1. The highest BCUT2D eigenvalue weighted by atomic mass is 32.1. The Morgan fingerprint density at radius 1 is 1.23 bits per heavy atom. The van der Waals surface area contributed by atoms with Gasteiger partial charge >= 0.3 is 0 Å². The normalized spacial score (nSPS) is 12.2. The highest BCUT2D eigenvalue weighted by Gasteiger charge is 2.14. The first-order valence-corrected chi connectivity index (χ1v) is 8.99. The second kappa shape index (κ2) is 7.01. The van der Waals surface area contributed by atoms with Gasteiger partial charge in [0.2, 0.25) is 0 Å². The van der Waals surface area contributed by atoms with Gasteiger partial charge in [-0.25, -0.2) is 9.67 Å². The van der Waals surface area contributed by atoms with Crippen molar-refractivity contribution in [3.63, 3.8) is 0 Å². The van der Waals surface area contributed by atoms with Crippen molar-refractivity contribution >= 4 is 27.5 Å². The number of carbonyl (C=O) groups excluding carboxylic acids is 1. The van der Waals surface area contributed by atoms with Crippen molar-refractivity contribution in [1.82, 2.24) is 30.5 Å².